The molecule has 0 saturated carbocycles. The highest BCUT2D eigenvalue weighted by Crippen LogP contribution is 2.34. The summed E-state index contributed by atoms with van der Waals surface area (Å²) in [6.07, 6.45) is 1.32. The number of morpholine rings is 1. The van der Waals surface area contributed by atoms with Gasteiger partial charge in [-0.05, 0) is 19.1 Å². The number of thiophene rings is 1. The number of aromatic nitrogens is 2. The van der Waals surface area contributed by atoms with Gasteiger partial charge in [0, 0.05) is 44.1 Å². The van der Waals surface area contributed by atoms with Crippen molar-refractivity contribution in [2.45, 2.75) is 18.4 Å². The summed E-state index contributed by atoms with van der Waals surface area (Å²) in [5.74, 6) is 0.507. The van der Waals surface area contributed by atoms with E-state index >= 15 is 0 Å². The Bertz CT molecular complexity index is 1470. The SMILES string of the molecule is COc1ccccc1N1CCN(S(=O)(=O)c2c(C)sc3ncn(CC(=O)N4CCOCC4)c(=O)c23)CC1. The van der Waals surface area contributed by atoms with E-state index in [1.165, 1.54) is 26.5 Å². The number of hydrogen-bond donors (Lipinski definition) is 0. The number of nitrogens with zero attached hydrogens (tertiary/aromatic N) is 5. The van der Waals surface area contributed by atoms with E-state index in [0.717, 1.165) is 11.4 Å². The molecular formula is C24H29N5O6S2. The zero-order valence-electron chi connectivity index (χ0n) is 20.8. The summed E-state index contributed by atoms with van der Waals surface area (Å²) in [6, 6.07) is 7.64. The summed E-state index contributed by atoms with van der Waals surface area (Å²) in [5.41, 5.74) is 0.387. The first kappa shape index (κ1) is 25.6. The predicted molar refractivity (Wildman–Crippen MR) is 140 cm³/mol. The predicted octanol–water partition coefficient (Wildman–Crippen LogP) is 1.14. The average molecular weight is 548 g/mol. The molecule has 1 aromatic carbocycles. The number of benzene rings is 1. The van der Waals surface area contributed by atoms with Crippen LogP contribution in [0.2, 0.25) is 0 Å². The van der Waals surface area contributed by atoms with E-state index in [-0.39, 0.29) is 35.8 Å². The topological polar surface area (TPSA) is 114 Å². The van der Waals surface area contributed by atoms with Gasteiger partial charge in [-0.2, -0.15) is 4.31 Å². The van der Waals surface area contributed by atoms with Crippen LogP contribution in [0, 0.1) is 6.92 Å². The van der Waals surface area contributed by atoms with Crippen LogP contribution in [0.25, 0.3) is 10.2 Å². The minimum absolute atomic E-state index is 0.0103. The molecule has 37 heavy (non-hydrogen) atoms. The maximum atomic E-state index is 13.8. The Kier molecular flexibility index (Phi) is 7.21. The van der Waals surface area contributed by atoms with E-state index in [9.17, 15) is 18.0 Å². The number of rotatable bonds is 6. The number of aryl methyl sites for hydroxylation is 1. The van der Waals surface area contributed by atoms with Crippen molar-refractivity contribution in [2.24, 2.45) is 0 Å². The van der Waals surface area contributed by atoms with Crippen LogP contribution >= 0.6 is 11.3 Å². The maximum absolute atomic E-state index is 13.8. The van der Waals surface area contributed by atoms with Gasteiger partial charge in [0.25, 0.3) is 5.56 Å². The van der Waals surface area contributed by atoms with Gasteiger partial charge in [0.05, 0.1) is 37.7 Å². The minimum Gasteiger partial charge on any atom is -0.495 e. The number of para-hydroxylation sites is 2. The third-order valence-corrected chi connectivity index (χ3v) is 9.94. The van der Waals surface area contributed by atoms with Gasteiger partial charge in [0.1, 0.15) is 22.0 Å². The van der Waals surface area contributed by atoms with Gasteiger partial charge in [-0.3, -0.25) is 14.2 Å². The number of methoxy groups -OCH3 is 1. The molecule has 2 aromatic heterocycles. The number of piperazine rings is 1. The van der Waals surface area contributed by atoms with E-state index in [4.69, 9.17) is 9.47 Å². The van der Waals surface area contributed by atoms with Crippen LogP contribution in [0.5, 0.6) is 5.75 Å². The number of carbonyl (C=O) groups is 1. The van der Waals surface area contributed by atoms with Crippen LogP contribution in [0.3, 0.4) is 0 Å². The smallest absolute Gasteiger partial charge is 0.263 e. The Morgan fingerprint density at radius 2 is 1.81 bits per heavy atom. The second-order valence-corrected chi connectivity index (χ2v) is 12.0. The summed E-state index contributed by atoms with van der Waals surface area (Å²) in [4.78, 5) is 35.1. The van der Waals surface area contributed by atoms with Crippen LogP contribution in [0.4, 0.5) is 5.69 Å². The van der Waals surface area contributed by atoms with Crippen LogP contribution in [-0.2, 0) is 26.1 Å². The number of carbonyl (C=O) groups excluding carboxylic acids is 1. The Labute approximate surface area is 218 Å². The molecule has 13 heteroatoms. The van der Waals surface area contributed by atoms with Crippen LogP contribution in [0.1, 0.15) is 4.88 Å². The van der Waals surface area contributed by atoms with Crippen LogP contribution in [0.15, 0.2) is 40.3 Å². The lowest BCUT2D eigenvalue weighted by Gasteiger charge is -2.35. The molecule has 0 spiro atoms. The molecule has 2 saturated heterocycles. The molecule has 0 unspecified atom stereocenters. The van der Waals surface area contributed by atoms with Gasteiger partial charge in [0.2, 0.25) is 15.9 Å². The van der Waals surface area contributed by atoms with Gasteiger partial charge < -0.3 is 19.3 Å². The molecule has 0 bridgehead atoms. The first-order valence-electron chi connectivity index (χ1n) is 12.0. The van der Waals surface area contributed by atoms with Crippen molar-refractivity contribution in [2.75, 3.05) is 64.5 Å². The molecule has 198 valence electrons. The van der Waals surface area contributed by atoms with E-state index in [2.05, 4.69) is 9.88 Å². The molecule has 0 radical (unpaired) electrons. The lowest BCUT2D eigenvalue weighted by Crippen LogP contribution is -2.49. The van der Waals surface area contributed by atoms with Crippen molar-refractivity contribution in [3.63, 3.8) is 0 Å². The van der Waals surface area contributed by atoms with E-state index in [0.29, 0.717) is 49.1 Å². The minimum atomic E-state index is -3.96. The number of anilines is 1. The fourth-order valence-corrected chi connectivity index (χ4v) is 7.87. The van der Waals surface area contributed by atoms with Crippen molar-refractivity contribution in [3.8, 4) is 5.75 Å². The molecule has 2 aliphatic rings. The number of amides is 1. The Morgan fingerprint density at radius 1 is 1.11 bits per heavy atom. The molecule has 1 amide bonds. The monoisotopic (exact) mass is 547 g/mol. The molecule has 0 aliphatic carbocycles. The molecule has 0 N–H and O–H groups in total. The van der Waals surface area contributed by atoms with Gasteiger partial charge in [-0.1, -0.05) is 12.1 Å². The molecule has 11 nitrogen and oxygen atoms in total. The molecule has 2 fully saturated rings. The van der Waals surface area contributed by atoms with Crippen molar-refractivity contribution >= 4 is 43.2 Å². The van der Waals surface area contributed by atoms with Crippen molar-refractivity contribution < 1.29 is 22.7 Å². The standard InChI is InChI=1S/C24H29N5O6S2/c1-17-22(37(32,33)29-9-7-26(8-10-29)18-5-3-4-6-19(18)34-2)21-23(36-17)25-16-28(24(21)31)15-20(30)27-11-13-35-14-12-27/h3-6,16H,7-15H2,1-2H3. The lowest BCUT2D eigenvalue weighted by atomic mass is 10.2. The number of sulfonamides is 1. The zero-order valence-corrected chi connectivity index (χ0v) is 22.4. The van der Waals surface area contributed by atoms with Gasteiger partial charge >= 0.3 is 0 Å². The normalized spacial score (nSPS) is 17.4. The molecule has 2 aliphatic heterocycles. The zero-order chi connectivity index (χ0) is 26.2. The second-order valence-electron chi connectivity index (χ2n) is 8.90. The summed E-state index contributed by atoms with van der Waals surface area (Å²) in [7, 11) is -2.35. The molecule has 5 rings (SSSR count). The number of fused-ring (bicyclic) bond motifs is 1. The third-order valence-electron chi connectivity index (χ3n) is 6.73. The van der Waals surface area contributed by atoms with Gasteiger partial charge in [-0.15, -0.1) is 11.3 Å². The molecular weight excluding hydrogens is 518 g/mol. The lowest BCUT2D eigenvalue weighted by molar-refractivity contribution is -0.135. The summed E-state index contributed by atoms with van der Waals surface area (Å²) in [6.45, 7) is 4.81. The first-order valence-corrected chi connectivity index (χ1v) is 14.3. The summed E-state index contributed by atoms with van der Waals surface area (Å²) in [5, 5.41) is 0.0481. The number of ether oxygens (including phenoxy) is 2. The fourth-order valence-electron chi connectivity index (χ4n) is 4.78. The highest BCUT2D eigenvalue weighted by Gasteiger charge is 2.34. The van der Waals surface area contributed by atoms with Crippen molar-refractivity contribution in [1.82, 2.24) is 18.8 Å². The van der Waals surface area contributed by atoms with Crippen LogP contribution < -0.4 is 15.2 Å². The Hall–Kier alpha value is -3.00. The average Bonchev–Trinajstić information content (AvgIpc) is 3.28. The van der Waals surface area contributed by atoms with Crippen molar-refractivity contribution in [1.29, 1.82) is 0 Å². The van der Waals surface area contributed by atoms with Crippen molar-refractivity contribution in [3.05, 3.63) is 45.8 Å². The maximum Gasteiger partial charge on any atom is 0.263 e. The van der Waals surface area contributed by atoms with Gasteiger partial charge in [-0.25, -0.2) is 13.4 Å². The second kappa shape index (κ2) is 10.4. The van der Waals surface area contributed by atoms with Crippen LogP contribution in [-0.4, -0.2) is 92.7 Å². The molecule has 0 atom stereocenters. The largest absolute Gasteiger partial charge is 0.495 e. The summed E-state index contributed by atoms with van der Waals surface area (Å²) >= 11 is 1.17. The third kappa shape index (κ3) is 4.83. The number of hydrogen-bond acceptors (Lipinski definition) is 9. The Morgan fingerprint density at radius 3 is 2.51 bits per heavy atom. The highest BCUT2D eigenvalue weighted by molar-refractivity contribution is 7.89. The van der Waals surface area contributed by atoms with E-state index < -0.39 is 15.6 Å². The fraction of sp³-hybridized carbons (Fsp3) is 0.458. The first-order chi connectivity index (χ1) is 17.8. The quantitative estimate of drug-likeness (QED) is 0.452. The molecule has 3 aromatic rings. The highest BCUT2D eigenvalue weighted by atomic mass is 32.2. The van der Waals surface area contributed by atoms with E-state index in [1.54, 1.807) is 18.9 Å². The summed E-state index contributed by atoms with van der Waals surface area (Å²) < 4.78 is 41.0. The Balaban J connectivity index is 1.41. The van der Waals surface area contributed by atoms with Gasteiger partial charge in [0.15, 0.2) is 0 Å². The molecule has 4 heterocycles. The van der Waals surface area contributed by atoms with E-state index in [1.807, 2.05) is 24.3 Å².